The van der Waals surface area contributed by atoms with Gasteiger partial charge in [-0.05, 0) is 17.7 Å². The minimum Gasteiger partial charge on any atom is -0.456 e. The maximum Gasteiger partial charge on any atom is 0.416 e. The highest BCUT2D eigenvalue weighted by molar-refractivity contribution is 6.30. The molecule has 1 aromatic heterocycles. The van der Waals surface area contributed by atoms with Crippen LogP contribution in [0.1, 0.15) is 11.1 Å². The molecular formula is C13H10ClF3N2O. The van der Waals surface area contributed by atoms with Gasteiger partial charge in [-0.1, -0.05) is 17.7 Å². The molecule has 0 amide bonds. The zero-order valence-electron chi connectivity index (χ0n) is 10.1. The van der Waals surface area contributed by atoms with E-state index in [0.717, 1.165) is 6.07 Å². The third kappa shape index (κ3) is 3.40. The first-order chi connectivity index (χ1) is 9.40. The summed E-state index contributed by atoms with van der Waals surface area (Å²) in [6.07, 6.45) is -1.73. The molecule has 0 bridgehead atoms. The van der Waals surface area contributed by atoms with Gasteiger partial charge < -0.3 is 10.5 Å². The fourth-order valence-corrected chi connectivity index (χ4v) is 1.81. The molecule has 0 spiro atoms. The number of rotatable bonds is 3. The van der Waals surface area contributed by atoms with E-state index in [9.17, 15) is 13.2 Å². The zero-order chi connectivity index (χ0) is 14.8. The van der Waals surface area contributed by atoms with Crippen molar-refractivity contribution < 1.29 is 17.9 Å². The quantitative estimate of drug-likeness (QED) is 0.932. The van der Waals surface area contributed by atoms with Crippen LogP contribution in [0.2, 0.25) is 5.02 Å². The van der Waals surface area contributed by atoms with Crippen molar-refractivity contribution in [2.75, 3.05) is 0 Å². The Labute approximate surface area is 118 Å². The van der Waals surface area contributed by atoms with Crippen LogP contribution in [0, 0.1) is 0 Å². The lowest BCUT2D eigenvalue weighted by Gasteiger charge is -2.14. The van der Waals surface area contributed by atoms with Crippen LogP contribution in [0.25, 0.3) is 0 Å². The summed E-state index contributed by atoms with van der Waals surface area (Å²) >= 11 is 5.72. The Morgan fingerprint density at radius 1 is 1.15 bits per heavy atom. The van der Waals surface area contributed by atoms with Crippen molar-refractivity contribution in [2.24, 2.45) is 5.73 Å². The van der Waals surface area contributed by atoms with Crippen LogP contribution in [0.3, 0.4) is 0 Å². The van der Waals surface area contributed by atoms with Crippen molar-refractivity contribution in [2.45, 2.75) is 12.7 Å². The van der Waals surface area contributed by atoms with Gasteiger partial charge in [0.1, 0.15) is 11.5 Å². The van der Waals surface area contributed by atoms with E-state index in [2.05, 4.69) is 4.98 Å². The van der Waals surface area contributed by atoms with Crippen LogP contribution in [0.15, 0.2) is 36.7 Å². The molecule has 2 N–H and O–H groups in total. The maximum atomic E-state index is 12.9. The summed E-state index contributed by atoms with van der Waals surface area (Å²) in [5.41, 5.74) is 4.50. The average Bonchev–Trinajstić information content (AvgIpc) is 2.37. The standard InChI is InChI=1S/C13H10ClF3N2O/c14-9-3-11(7-19-6-9)20-10-2-1-8(5-18)12(4-10)13(15,16)17/h1-4,6-7H,5,18H2. The van der Waals surface area contributed by atoms with Gasteiger partial charge in [0.15, 0.2) is 0 Å². The Morgan fingerprint density at radius 3 is 2.50 bits per heavy atom. The molecule has 1 aromatic carbocycles. The molecule has 2 rings (SSSR count). The second kappa shape index (κ2) is 5.68. The van der Waals surface area contributed by atoms with Crippen molar-refractivity contribution in [3.8, 4) is 11.5 Å². The van der Waals surface area contributed by atoms with E-state index in [1.807, 2.05) is 0 Å². The van der Waals surface area contributed by atoms with E-state index in [1.54, 1.807) is 0 Å². The number of hydrogen-bond donors (Lipinski definition) is 1. The number of hydrogen-bond acceptors (Lipinski definition) is 3. The first-order valence-corrected chi connectivity index (χ1v) is 5.96. The van der Waals surface area contributed by atoms with Gasteiger partial charge in [0.05, 0.1) is 16.8 Å². The van der Waals surface area contributed by atoms with Gasteiger partial charge in [0.25, 0.3) is 0 Å². The van der Waals surface area contributed by atoms with Crippen LogP contribution < -0.4 is 10.5 Å². The van der Waals surface area contributed by atoms with Gasteiger partial charge in [-0.15, -0.1) is 0 Å². The molecular weight excluding hydrogens is 293 g/mol. The van der Waals surface area contributed by atoms with E-state index in [0.29, 0.717) is 5.02 Å². The van der Waals surface area contributed by atoms with Gasteiger partial charge in [-0.3, -0.25) is 4.98 Å². The lowest BCUT2D eigenvalue weighted by Crippen LogP contribution is -2.12. The molecule has 0 fully saturated rings. The fraction of sp³-hybridized carbons (Fsp3) is 0.154. The highest BCUT2D eigenvalue weighted by Crippen LogP contribution is 2.35. The van der Waals surface area contributed by atoms with Gasteiger partial charge in [-0.25, -0.2) is 0 Å². The van der Waals surface area contributed by atoms with Crippen LogP contribution in [0.5, 0.6) is 11.5 Å². The van der Waals surface area contributed by atoms with E-state index in [-0.39, 0.29) is 23.6 Å². The second-order valence-electron chi connectivity index (χ2n) is 3.96. The zero-order valence-corrected chi connectivity index (χ0v) is 10.9. The topological polar surface area (TPSA) is 48.1 Å². The number of halogens is 4. The Kier molecular flexibility index (Phi) is 4.15. The molecule has 1 heterocycles. The molecule has 2 aromatic rings. The van der Waals surface area contributed by atoms with Gasteiger partial charge in [-0.2, -0.15) is 13.2 Å². The Bertz CT molecular complexity index is 617. The number of ether oxygens (including phenoxy) is 1. The number of alkyl halides is 3. The molecule has 0 aliphatic rings. The maximum absolute atomic E-state index is 12.9. The Hall–Kier alpha value is -1.79. The summed E-state index contributed by atoms with van der Waals surface area (Å²) in [6, 6.07) is 5.07. The molecule has 0 aliphatic heterocycles. The normalized spacial score (nSPS) is 11.4. The number of nitrogens with two attached hydrogens (primary N) is 1. The summed E-state index contributed by atoms with van der Waals surface area (Å²) in [5.74, 6) is 0.296. The minimum absolute atomic E-state index is 0.00840. The highest BCUT2D eigenvalue weighted by atomic mass is 35.5. The third-order valence-electron chi connectivity index (χ3n) is 2.52. The van der Waals surface area contributed by atoms with Crippen molar-refractivity contribution in [1.82, 2.24) is 4.98 Å². The van der Waals surface area contributed by atoms with Crippen LogP contribution in [-0.4, -0.2) is 4.98 Å². The first kappa shape index (κ1) is 14.6. The monoisotopic (exact) mass is 302 g/mol. The summed E-state index contributed by atoms with van der Waals surface area (Å²) < 4.78 is 43.9. The molecule has 7 heteroatoms. The summed E-state index contributed by atoms with van der Waals surface area (Å²) in [4.78, 5) is 3.79. The Balaban J connectivity index is 2.34. The highest BCUT2D eigenvalue weighted by Gasteiger charge is 2.33. The molecule has 0 atom stereocenters. The molecule has 3 nitrogen and oxygen atoms in total. The number of pyridine rings is 1. The van der Waals surface area contributed by atoms with E-state index in [4.69, 9.17) is 22.1 Å². The number of nitrogens with zero attached hydrogens (tertiary/aromatic N) is 1. The molecule has 0 unspecified atom stereocenters. The number of aromatic nitrogens is 1. The predicted octanol–water partition coefficient (Wildman–Crippen LogP) is 4.00. The van der Waals surface area contributed by atoms with E-state index in [1.165, 1.54) is 30.6 Å². The van der Waals surface area contributed by atoms with Gasteiger partial charge in [0, 0.05) is 18.8 Å². The van der Waals surface area contributed by atoms with Crippen LogP contribution >= 0.6 is 11.6 Å². The van der Waals surface area contributed by atoms with Crippen molar-refractivity contribution in [3.05, 3.63) is 52.8 Å². The average molecular weight is 303 g/mol. The fourth-order valence-electron chi connectivity index (χ4n) is 1.65. The van der Waals surface area contributed by atoms with Crippen LogP contribution in [-0.2, 0) is 12.7 Å². The number of benzene rings is 1. The van der Waals surface area contributed by atoms with Crippen molar-refractivity contribution in [3.63, 3.8) is 0 Å². The lowest BCUT2D eigenvalue weighted by atomic mass is 10.1. The molecule has 0 saturated heterocycles. The largest absolute Gasteiger partial charge is 0.456 e. The molecule has 20 heavy (non-hydrogen) atoms. The molecule has 0 radical (unpaired) electrons. The predicted molar refractivity (Wildman–Crippen MR) is 68.7 cm³/mol. The van der Waals surface area contributed by atoms with Crippen molar-refractivity contribution in [1.29, 1.82) is 0 Å². The third-order valence-corrected chi connectivity index (χ3v) is 2.73. The summed E-state index contributed by atoms with van der Waals surface area (Å²) in [6.45, 7) is -0.201. The first-order valence-electron chi connectivity index (χ1n) is 5.59. The lowest BCUT2D eigenvalue weighted by molar-refractivity contribution is -0.138. The molecule has 106 valence electrons. The van der Waals surface area contributed by atoms with Crippen LogP contribution in [0.4, 0.5) is 13.2 Å². The van der Waals surface area contributed by atoms with Gasteiger partial charge in [0.2, 0.25) is 0 Å². The summed E-state index contributed by atoms with van der Waals surface area (Å²) in [5, 5.41) is 0.331. The second-order valence-corrected chi connectivity index (χ2v) is 4.40. The summed E-state index contributed by atoms with van der Waals surface area (Å²) in [7, 11) is 0. The minimum atomic E-state index is -4.49. The Morgan fingerprint density at radius 2 is 1.90 bits per heavy atom. The van der Waals surface area contributed by atoms with E-state index >= 15 is 0 Å². The molecule has 0 saturated carbocycles. The van der Waals surface area contributed by atoms with Crippen molar-refractivity contribution >= 4 is 11.6 Å². The smallest absolute Gasteiger partial charge is 0.416 e. The van der Waals surface area contributed by atoms with Gasteiger partial charge >= 0.3 is 6.18 Å². The SMILES string of the molecule is NCc1ccc(Oc2cncc(Cl)c2)cc1C(F)(F)F. The molecule has 0 aliphatic carbocycles. The van der Waals surface area contributed by atoms with E-state index < -0.39 is 11.7 Å².